The van der Waals surface area contributed by atoms with E-state index < -0.39 is 5.54 Å². The molecular weight excluding hydrogens is 332 g/mol. The Balaban J connectivity index is 3.09. The van der Waals surface area contributed by atoms with Crippen LogP contribution in [0.3, 0.4) is 0 Å². The molecule has 1 amide bonds. The van der Waals surface area contributed by atoms with E-state index in [1.54, 1.807) is 12.1 Å². The molecule has 4 nitrogen and oxygen atoms in total. The van der Waals surface area contributed by atoms with Crippen LogP contribution in [-0.2, 0) is 4.79 Å². The Morgan fingerprint density at radius 3 is 2.53 bits per heavy atom. The fourth-order valence-corrected chi connectivity index (χ4v) is 2.65. The second-order valence-corrected chi connectivity index (χ2v) is 5.58. The van der Waals surface area contributed by atoms with Gasteiger partial charge in [-0.05, 0) is 40.9 Å². The van der Waals surface area contributed by atoms with Gasteiger partial charge in [0.2, 0.25) is 5.91 Å². The first-order chi connectivity index (χ1) is 8.87. The maximum absolute atomic E-state index is 12.2. The molecule has 6 heteroatoms. The fraction of sp³-hybridized carbons (Fsp3) is 0.462. The van der Waals surface area contributed by atoms with Gasteiger partial charge in [-0.1, -0.05) is 25.4 Å². The first-order valence-corrected chi connectivity index (χ1v) is 7.18. The van der Waals surface area contributed by atoms with Crippen LogP contribution in [0.15, 0.2) is 16.6 Å². The molecule has 106 valence electrons. The molecule has 0 radical (unpaired) electrons. The van der Waals surface area contributed by atoms with Crippen LogP contribution in [0.4, 0.5) is 5.69 Å². The lowest BCUT2D eigenvalue weighted by Gasteiger charge is -2.25. The van der Waals surface area contributed by atoms with Crippen LogP contribution in [0.2, 0.25) is 5.02 Å². The second kappa shape index (κ2) is 6.59. The van der Waals surface area contributed by atoms with Gasteiger partial charge in [0.25, 0.3) is 0 Å². The highest BCUT2D eigenvalue weighted by molar-refractivity contribution is 9.10. The molecule has 19 heavy (non-hydrogen) atoms. The van der Waals surface area contributed by atoms with Crippen LogP contribution in [0.5, 0.6) is 5.75 Å². The highest BCUT2D eigenvalue weighted by Gasteiger charge is 2.30. The van der Waals surface area contributed by atoms with Crippen LogP contribution in [0.1, 0.15) is 26.7 Å². The predicted octanol–water partition coefficient (Wildman–Crippen LogP) is 3.57. The monoisotopic (exact) mass is 348 g/mol. The molecule has 0 aromatic heterocycles. The number of rotatable bonds is 5. The zero-order valence-corrected chi connectivity index (χ0v) is 13.6. The average Bonchev–Trinajstić information content (AvgIpc) is 2.37. The zero-order valence-electron chi connectivity index (χ0n) is 11.2. The van der Waals surface area contributed by atoms with Gasteiger partial charge in [0.15, 0.2) is 5.75 Å². The van der Waals surface area contributed by atoms with Crippen LogP contribution in [0, 0.1) is 0 Å². The van der Waals surface area contributed by atoms with E-state index in [2.05, 4.69) is 21.2 Å². The maximum atomic E-state index is 12.2. The molecule has 1 rings (SSSR count). The standard InChI is InChI=1S/C13H18BrClN2O2/c1-4-13(16,5-2)12(18)17-10-7-8(15)6-9(14)11(10)19-3/h6-7H,4-5,16H2,1-3H3,(H,17,18). The topological polar surface area (TPSA) is 64.4 Å². The van der Waals surface area contributed by atoms with E-state index in [4.69, 9.17) is 22.1 Å². The zero-order chi connectivity index (χ0) is 14.6. The Hall–Kier alpha value is -0.780. The fourth-order valence-electron chi connectivity index (χ4n) is 1.68. The predicted molar refractivity (Wildman–Crippen MR) is 81.8 cm³/mol. The minimum atomic E-state index is -0.889. The van der Waals surface area contributed by atoms with E-state index in [-0.39, 0.29) is 5.91 Å². The number of nitrogens with two attached hydrogens (primary N) is 1. The number of benzene rings is 1. The number of amides is 1. The van der Waals surface area contributed by atoms with Gasteiger partial charge >= 0.3 is 0 Å². The van der Waals surface area contributed by atoms with E-state index in [1.807, 2.05) is 13.8 Å². The van der Waals surface area contributed by atoms with E-state index in [0.717, 1.165) is 0 Å². The molecule has 1 aromatic rings. The molecule has 0 aliphatic heterocycles. The molecule has 0 bridgehead atoms. The normalized spacial score (nSPS) is 11.3. The number of halogens is 2. The second-order valence-electron chi connectivity index (χ2n) is 4.29. The van der Waals surface area contributed by atoms with Gasteiger partial charge in [-0.25, -0.2) is 0 Å². The van der Waals surface area contributed by atoms with Gasteiger partial charge in [0.1, 0.15) is 0 Å². The average molecular weight is 350 g/mol. The smallest absolute Gasteiger partial charge is 0.244 e. The van der Waals surface area contributed by atoms with Crippen molar-refractivity contribution in [1.29, 1.82) is 0 Å². The lowest BCUT2D eigenvalue weighted by Crippen LogP contribution is -2.50. The minimum absolute atomic E-state index is 0.245. The Morgan fingerprint density at radius 1 is 1.47 bits per heavy atom. The van der Waals surface area contributed by atoms with Crippen molar-refractivity contribution in [2.75, 3.05) is 12.4 Å². The van der Waals surface area contributed by atoms with Crippen molar-refractivity contribution in [2.24, 2.45) is 5.73 Å². The molecule has 0 saturated heterocycles. The van der Waals surface area contributed by atoms with Crippen molar-refractivity contribution >= 4 is 39.1 Å². The Labute approximate surface area is 126 Å². The highest BCUT2D eigenvalue weighted by atomic mass is 79.9. The van der Waals surface area contributed by atoms with Gasteiger partial charge in [0, 0.05) is 5.02 Å². The summed E-state index contributed by atoms with van der Waals surface area (Å²) in [7, 11) is 1.53. The summed E-state index contributed by atoms with van der Waals surface area (Å²) in [5.74, 6) is 0.275. The van der Waals surface area contributed by atoms with Gasteiger partial charge < -0.3 is 15.8 Å². The van der Waals surface area contributed by atoms with Gasteiger partial charge in [0.05, 0.1) is 22.8 Å². The Morgan fingerprint density at radius 2 is 2.05 bits per heavy atom. The SMILES string of the molecule is CCC(N)(CC)C(=O)Nc1cc(Cl)cc(Br)c1OC. The van der Waals surface area contributed by atoms with E-state index in [0.29, 0.717) is 33.8 Å². The minimum Gasteiger partial charge on any atom is -0.493 e. The third kappa shape index (κ3) is 3.61. The Kier molecular flexibility index (Phi) is 5.64. The van der Waals surface area contributed by atoms with Crippen molar-refractivity contribution in [3.63, 3.8) is 0 Å². The molecule has 0 atom stereocenters. The molecule has 0 aliphatic rings. The third-order valence-electron chi connectivity index (χ3n) is 3.17. The maximum Gasteiger partial charge on any atom is 0.244 e. The number of hydrogen-bond acceptors (Lipinski definition) is 3. The summed E-state index contributed by atoms with van der Waals surface area (Å²) in [6.45, 7) is 3.77. The molecule has 0 aliphatic carbocycles. The summed E-state index contributed by atoms with van der Waals surface area (Å²) in [5.41, 5.74) is 5.67. The Bertz CT molecular complexity index is 476. The number of hydrogen-bond donors (Lipinski definition) is 2. The summed E-state index contributed by atoms with van der Waals surface area (Å²) >= 11 is 9.32. The van der Waals surface area contributed by atoms with E-state index in [1.165, 1.54) is 7.11 Å². The molecule has 0 spiro atoms. The highest BCUT2D eigenvalue weighted by Crippen LogP contribution is 2.36. The van der Waals surface area contributed by atoms with Crippen LogP contribution < -0.4 is 15.8 Å². The number of carbonyl (C=O) groups excluding carboxylic acids is 1. The molecule has 0 unspecified atom stereocenters. The summed E-state index contributed by atoms with van der Waals surface area (Å²) in [6.07, 6.45) is 1.11. The number of methoxy groups -OCH3 is 1. The van der Waals surface area contributed by atoms with Gasteiger partial charge in [-0.15, -0.1) is 0 Å². The van der Waals surface area contributed by atoms with Crippen molar-refractivity contribution in [3.8, 4) is 5.75 Å². The molecule has 0 saturated carbocycles. The van der Waals surface area contributed by atoms with Crippen molar-refractivity contribution < 1.29 is 9.53 Å². The van der Waals surface area contributed by atoms with Crippen molar-refractivity contribution in [2.45, 2.75) is 32.2 Å². The molecule has 1 aromatic carbocycles. The summed E-state index contributed by atoms with van der Waals surface area (Å²) in [5, 5.41) is 3.28. The van der Waals surface area contributed by atoms with Crippen LogP contribution >= 0.6 is 27.5 Å². The quantitative estimate of drug-likeness (QED) is 0.854. The van der Waals surface area contributed by atoms with Crippen LogP contribution in [0.25, 0.3) is 0 Å². The summed E-state index contributed by atoms with van der Waals surface area (Å²) in [4.78, 5) is 12.2. The summed E-state index contributed by atoms with van der Waals surface area (Å²) in [6, 6.07) is 3.33. The van der Waals surface area contributed by atoms with Crippen molar-refractivity contribution in [1.82, 2.24) is 0 Å². The van der Waals surface area contributed by atoms with E-state index in [9.17, 15) is 4.79 Å². The largest absolute Gasteiger partial charge is 0.493 e. The summed E-state index contributed by atoms with van der Waals surface area (Å²) < 4.78 is 5.93. The number of carbonyl (C=O) groups is 1. The molecule has 3 N–H and O–H groups in total. The van der Waals surface area contributed by atoms with Crippen LogP contribution in [-0.4, -0.2) is 18.6 Å². The third-order valence-corrected chi connectivity index (χ3v) is 3.98. The molecular formula is C13H18BrClN2O2. The first kappa shape index (κ1) is 16.3. The number of ether oxygens (including phenoxy) is 1. The van der Waals surface area contributed by atoms with Gasteiger partial charge in [-0.2, -0.15) is 0 Å². The lowest BCUT2D eigenvalue weighted by atomic mass is 9.93. The number of nitrogens with one attached hydrogen (secondary N) is 1. The lowest BCUT2D eigenvalue weighted by molar-refractivity contribution is -0.121. The number of anilines is 1. The molecule has 0 heterocycles. The van der Waals surface area contributed by atoms with Gasteiger partial charge in [-0.3, -0.25) is 4.79 Å². The molecule has 0 fully saturated rings. The first-order valence-electron chi connectivity index (χ1n) is 6.01. The van der Waals surface area contributed by atoms with Crippen molar-refractivity contribution in [3.05, 3.63) is 21.6 Å². The van der Waals surface area contributed by atoms with E-state index >= 15 is 0 Å².